The number of aromatic nitrogens is 4. The van der Waals surface area contributed by atoms with E-state index in [0.717, 1.165) is 41.9 Å². The molecule has 12 heteroatoms. The number of Topliss-reactive ketones (excluding diaryl/α,β-unsaturated/α-hetero) is 1. The summed E-state index contributed by atoms with van der Waals surface area (Å²) in [5.74, 6) is 0.692. The summed E-state index contributed by atoms with van der Waals surface area (Å²) >= 11 is 1.62. The van der Waals surface area contributed by atoms with E-state index in [1.54, 1.807) is 22.0 Å². The number of ketones is 1. The van der Waals surface area contributed by atoms with Gasteiger partial charge in [0, 0.05) is 37.3 Å². The second kappa shape index (κ2) is 11.7. The average Bonchev–Trinajstić information content (AvgIpc) is 3.59. The zero-order chi connectivity index (χ0) is 28.4. The SMILES string of the molecule is CCN(CC)[C@@H](C)CCC(=O)c1cc(-c2cnn3ccc(-c4cccs4)nc23)nc(N2CC(NS(C)(=O)=O)C2)c1. The van der Waals surface area contributed by atoms with E-state index < -0.39 is 10.0 Å². The molecule has 5 heterocycles. The summed E-state index contributed by atoms with van der Waals surface area (Å²) in [5, 5.41) is 6.50. The Bertz CT molecular complexity index is 1590. The van der Waals surface area contributed by atoms with Gasteiger partial charge in [0.1, 0.15) is 5.82 Å². The Kier molecular flexibility index (Phi) is 8.31. The molecule has 0 saturated carbocycles. The van der Waals surface area contributed by atoms with E-state index in [2.05, 4.69) is 35.5 Å². The molecule has 1 fully saturated rings. The maximum Gasteiger partial charge on any atom is 0.209 e. The monoisotopic (exact) mass is 581 g/mol. The largest absolute Gasteiger partial charge is 0.353 e. The molecule has 1 saturated heterocycles. The number of pyridine rings is 1. The first-order valence-corrected chi connectivity index (χ1v) is 16.3. The molecule has 0 spiro atoms. The lowest BCUT2D eigenvalue weighted by Gasteiger charge is -2.40. The number of nitrogens with zero attached hydrogens (tertiary/aromatic N) is 6. The second-order valence-corrected chi connectivity index (χ2v) is 13.0. The van der Waals surface area contributed by atoms with E-state index in [9.17, 15) is 13.2 Å². The number of thiophene rings is 1. The van der Waals surface area contributed by atoms with Crippen molar-refractivity contribution in [2.75, 3.05) is 37.3 Å². The van der Waals surface area contributed by atoms with Crippen LogP contribution < -0.4 is 9.62 Å². The third-order valence-corrected chi connectivity index (χ3v) is 9.02. The van der Waals surface area contributed by atoms with Gasteiger partial charge in [-0.3, -0.25) is 4.79 Å². The van der Waals surface area contributed by atoms with Gasteiger partial charge in [-0.2, -0.15) is 5.10 Å². The minimum absolute atomic E-state index is 0.0546. The Labute approximate surface area is 239 Å². The lowest BCUT2D eigenvalue weighted by atomic mass is 10.0. The summed E-state index contributed by atoms with van der Waals surface area (Å²) in [7, 11) is -3.30. The van der Waals surface area contributed by atoms with Crippen LogP contribution in [0.5, 0.6) is 0 Å². The Hall–Kier alpha value is -3.19. The standard InChI is InChI=1S/C28H35N7O3S2/c1-5-33(6-2)19(3)9-10-25(36)20-14-24(30-27(15-20)34-17-21(18-34)32-40(4,37)38)22-16-29-35-12-11-23(31-28(22)35)26-8-7-13-39-26/h7-8,11-16,19,21,32H,5-6,9-10,17-18H2,1-4H3/t19-/m0/s1. The zero-order valence-electron chi connectivity index (χ0n) is 23.2. The van der Waals surface area contributed by atoms with Gasteiger partial charge < -0.3 is 9.80 Å². The molecule has 1 N–H and O–H groups in total. The number of hydrogen-bond acceptors (Lipinski definition) is 9. The molecule has 1 atom stereocenters. The van der Waals surface area contributed by atoms with Gasteiger partial charge in [-0.15, -0.1) is 11.3 Å². The average molecular weight is 582 g/mol. The number of hydrogen-bond donors (Lipinski definition) is 1. The van der Waals surface area contributed by atoms with Crippen LogP contribution in [0.2, 0.25) is 0 Å². The molecule has 0 aliphatic carbocycles. The van der Waals surface area contributed by atoms with Crippen LogP contribution in [-0.2, 0) is 10.0 Å². The van der Waals surface area contributed by atoms with Gasteiger partial charge in [-0.25, -0.2) is 27.6 Å². The normalized spacial score (nSPS) is 15.1. The Balaban J connectivity index is 1.48. The Morgan fingerprint density at radius 3 is 2.62 bits per heavy atom. The smallest absolute Gasteiger partial charge is 0.209 e. The third kappa shape index (κ3) is 6.25. The number of anilines is 1. The molecule has 0 amide bonds. The highest BCUT2D eigenvalue weighted by Crippen LogP contribution is 2.30. The van der Waals surface area contributed by atoms with Crippen molar-refractivity contribution >= 4 is 38.6 Å². The van der Waals surface area contributed by atoms with Gasteiger partial charge in [0.05, 0.1) is 40.3 Å². The van der Waals surface area contributed by atoms with E-state index in [1.165, 1.54) is 0 Å². The molecule has 1 aliphatic rings. The fourth-order valence-corrected chi connectivity index (χ4v) is 6.59. The molecule has 4 aromatic rings. The van der Waals surface area contributed by atoms with Crippen LogP contribution in [0.3, 0.4) is 0 Å². The van der Waals surface area contributed by atoms with Crippen molar-refractivity contribution in [2.45, 2.75) is 45.7 Å². The van der Waals surface area contributed by atoms with Crippen molar-refractivity contribution in [3.8, 4) is 21.8 Å². The van der Waals surface area contributed by atoms with Crippen LogP contribution in [0.15, 0.2) is 48.1 Å². The number of rotatable bonds is 12. The summed E-state index contributed by atoms with van der Waals surface area (Å²) in [5.41, 5.74) is 3.43. The summed E-state index contributed by atoms with van der Waals surface area (Å²) in [6, 6.07) is 9.71. The van der Waals surface area contributed by atoms with Crippen LogP contribution in [0.1, 0.15) is 44.0 Å². The summed E-state index contributed by atoms with van der Waals surface area (Å²) < 4.78 is 27.7. The first-order chi connectivity index (χ1) is 19.1. The van der Waals surface area contributed by atoms with E-state index >= 15 is 0 Å². The van der Waals surface area contributed by atoms with Gasteiger partial charge in [-0.1, -0.05) is 19.9 Å². The number of sulfonamides is 1. The molecule has 0 radical (unpaired) electrons. The predicted octanol–water partition coefficient (Wildman–Crippen LogP) is 3.95. The fraction of sp³-hybridized carbons (Fsp3) is 0.429. The van der Waals surface area contributed by atoms with Crippen LogP contribution >= 0.6 is 11.3 Å². The lowest BCUT2D eigenvalue weighted by Crippen LogP contribution is -2.59. The van der Waals surface area contributed by atoms with Crippen molar-refractivity contribution < 1.29 is 13.2 Å². The van der Waals surface area contributed by atoms with Crippen LogP contribution in [0, 0.1) is 0 Å². The molecule has 0 aromatic carbocycles. The first kappa shape index (κ1) is 28.3. The van der Waals surface area contributed by atoms with Gasteiger partial charge in [0.25, 0.3) is 0 Å². The van der Waals surface area contributed by atoms with E-state index in [-0.39, 0.29) is 11.8 Å². The van der Waals surface area contributed by atoms with Crippen molar-refractivity contribution in [2.24, 2.45) is 0 Å². The summed E-state index contributed by atoms with van der Waals surface area (Å²) in [6.45, 7) is 9.28. The number of carbonyl (C=O) groups is 1. The number of nitrogens with one attached hydrogen (secondary N) is 1. The van der Waals surface area contributed by atoms with E-state index in [0.29, 0.717) is 48.3 Å². The maximum atomic E-state index is 13.5. The van der Waals surface area contributed by atoms with Gasteiger partial charge in [0.15, 0.2) is 11.4 Å². The van der Waals surface area contributed by atoms with Crippen molar-refractivity contribution in [3.63, 3.8) is 0 Å². The van der Waals surface area contributed by atoms with Crippen LogP contribution in [-0.4, -0.2) is 83.2 Å². The third-order valence-electron chi connectivity index (χ3n) is 7.36. The predicted molar refractivity (Wildman–Crippen MR) is 159 cm³/mol. The van der Waals surface area contributed by atoms with Gasteiger partial charge in [0.2, 0.25) is 10.0 Å². The molecule has 0 unspecified atom stereocenters. The zero-order valence-corrected chi connectivity index (χ0v) is 24.9. The second-order valence-electron chi connectivity index (χ2n) is 10.2. The minimum atomic E-state index is -3.30. The van der Waals surface area contributed by atoms with Gasteiger partial charge >= 0.3 is 0 Å². The molecular formula is C28H35N7O3S2. The highest BCUT2D eigenvalue weighted by molar-refractivity contribution is 7.88. The highest BCUT2D eigenvalue weighted by Gasteiger charge is 2.31. The molecule has 1 aliphatic heterocycles. The van der Waals surface area contributed by atoms with E-state index in [1.807, 2.05) is 46.8 Å². The molecule has 4 aromatic heterocycles. The molecule has 212 valence electrons. The van der Waals surface area contributed by atoms with Crippen molar-refractivity contribution in [3.05, 3.63) is 53.7 Å². The van der Waals surface area contributed by atoms with Crippen LogP contribution in [0.4, 0.5) is 5.82 Å². The quantitative estimate of drug-likeness (QED) is 0.250. The van der Waals surface area contributed by atoms with Gasteiger partial charge in [-0.05, 0) is 56.1 Å². The van der Waals surface area contributed by atoms with Crippen molar-refractivity contribution in [1.29, 1.82) is 0 Å². The number of fused-ring (bicyclic) bond motifs is 1. The molecular weight excluding hydrogens is 546 g/mol. The molecule has 5 rings (SSSR count). The summed E-state index contributed by atoms with van der Waals surface area (Å²) in [6.07, 6.45) is 5.96. The minimum Gasteiger partial charge on any atom is -0.353 e. The Morgan fingerprint density at radius 2 is 1.95 bits per heavy atom. The maximum absolute atomic E-state index is 13.5. The Morgan fingerprint density at radius 1 is 1.18 bits per heavy atom. The molecule has 40 heavy (non-hydrogen) atoms. The lowest BCUT2D eigenvalue weighted by molar-refractivity contribution is 0.0964. The topological polar surface area (TPSA) is 113 Å². The first-order valence-electron chi connectivity index (χ1n) is 13.6. The van der Waals surface area contributed by atoms with Crippen LogP contribution in [0.25, 0.3) is 27.5 Å². The van der Waals surface area contributed by atoms with E-state index in [4.69, 9.17) is 9.97 Å². The van der Waals surface area contributed by atoms with Crippen molar-refractivity contribution in [1.82, 2.24) is 29.2 Å². The molecule has 10 nitrogen and oxygen atoms in total. The highest BCUT2D eigenvalue weighted by atomic mass is 32.2. The number of carbonyl (C=O) groups excluding carboxylic acids is 1. The molecule has 0 bridgehead atoms. The summed E-state index contributed by atoms with van der Waals surface area (Å²) in [4.78, 5) is 28.7. The fourth-order valence-electron chi connectivity index (χ4n) is 5.14.